The van der Waals surface area contributed by atoms with Crippen molar-refractivity contribution in [2.75, 3.05) is 11.4 Å². The fourth-order valence-electron chi connectivity index (χ4n) is 3.25. The summed E-state index contributed by atoms with van der Waals surface area (Å²) in [6.07, 6.45) is 2.45. The lowest BCUT2D eigenvalue weighted by Crippen LogP contribution is -2.36. The first kappa shape index (κ1) is 20.3. The first-order valence-electron chi connectivity index (χ1n) is 9.80. The van der Waals surface area contributed by atoms with Crippen LogP contribution in [-0.2, 0) is 31.9 Å². The van der Waals surface area contributed by atoms with Gasteiger partial charge in [-0.3, -0.25) is 4.98 Å². The Kier molecular flexibility index (Phi) is 5.96. The van der Waals surface area contributed by atoms with E-state index in [4.69, 9.17) is 19.6 Å². The van der Waals surface area contributed by atoms with Gasteiger partial charge in [-0.25, -0.2) is 0 Å². The number of anilines is 1. The number of benzene rings is 2. The van der Waals surface area contributed by atoms with Gasteiger partial charge in [0, 0.05) is 47.9 Å². The molecule has 0 saturated carbocycles. The van der Waals surface area contributed by atoms with Crippen LogP contribution < -0.4 is 4.90 Å². The number of nitrogens with zero attached hydrogens (tertiary/aromatic N) is 2. The van der Waals surface area contributed by atoms with Crippen LogP contribution in [0.15, 0.2) is 73.1 Å². The Hall–Kier alpha value is -2.97. The molecule has 1 aliphatic heterocycles. The molecule has 0 atom stereocenters. The molecule has 1 aromatic heterocycles. The van der Waals surface area contributed by atoms with Crippen LogP contribution in [0.2, 0.25) is 0 Å². The van der Waals surface area contributed by atoms with Crippen molar-refractivity contribution < 1.29 is 24.7 Å². The molecule has 0 amide bonds. The fraction of sp³-hybridized carbons (Fsp3) is 0.261. The van der Waals surface area contributed by atoms with Crippen molar-refractivity contribution in [2.24, 2.45) is 0 Å². The second kappa shape index (κ2) is 8.81. The Morgan fingerprint density at radius 3 is 2.37 bits per heavy atom. The molecule has 0 spiro atoms. The minimum atomic E-state index is -1.28. The number of aromatic nitrogens is 1. The lowest BCUT2D eigenvalue weighted by molar-refractivity contribution is -0.634. The fourth-order valence-corrected chi connectivity index (χ4v) is 3.25. The van der Waals surface area contributed by atoms with Gasteiger partial charge >= 0.3 is 0 Å². The molecular weight excluding hydrogens is 384 g/mol. The maximum absolute atomic E-state index is 10.4. The van der Waals surface area contributed by atoms with Gasteiger partial charge < -0.3 is 10.0 Å². The number of phenolic OH excluding ortho intramolecular Hbond substituents is 1. The smallest absolute Gasteiger partial charge is 0.256 e. The lowest BCUT2D eigenvalue weighted by atomic mass is 10.0. The molecule has 1 fully saturated rings. The van der Waals surface area contributed by atoms with Crippen LogP contribution in [0.4, 0.5) is 5.69 Å². The van der Waals surface area contributed by atoms with Gasteiger partial charge in [0.25, 0.3) is 5.79 Å². The Morgan fingerprint density at radius 2 is 1.70 bits per heavy atom. The number of aromatic hydroxyl groups is 1. The maximum atomic E-state index is 10.4. The minimum absolute atomic E-state index is 0.198. The number of phenols is 1. The third kappa shape index (κ3) is 4.29. The highest BCUT2D eigenvalue weighted by molar-refractivity contribution is 5.48. The summed E-state index contributed by atoms with van der Waals surface area (Å²) in [5.74, 6) is -1.08. The monoisotopic (exact) mass is 408 g/mol. The normalized spacial score (nSPS) is 21.3. The predicted octanol–water partition coefficient (Wildman–Crippen LogP) is 4.60. The SMILES string of the molecule is CCN(Cc1cc(C2(C)OOC(c3ccncc3)OO2)ccc1O)c1ccccc1. The summed E-state index contributed by atoms with van der Waals surface area (Å²) in [5.41, 5.74) is 3.20. The lowest BCUT2D eigenvalue weighted by Gasteiger charge is -2.35. The largest absolute Gasteiger partial charge is 0.508 e. The van der Waals surface area contributed by atoms with Gasteiger partial charge in [-0.1, -0.05) is 18.2 Å². The van der Waals surface area contributed by atoms with Crippen molar-refractivity contribution in [1.82, 2.24) is 4.98 Å². The van der Waals surface area contributed by atoms with Crippen LogP contribution in [0.1, 0.15) is 36.8 Å². The van der Waals surface area contributed by atoms with Crippen LogP contribution in [0, 0.1) is 0 Å². The molecule has 1 aliphatic rings. The average molecular weight is 408 g/mol. The van der Waals surface area contributed by atoms with E-state index in [0.29, 0.717) is 12.1 Å². The van der Waals surface area contributed by atoms with Gasteiger partial charge in [-0.15, -0.1) is 0 Å². The third-order valence-electron chi connectivity index (χ3n) is 5.04. The zero-order valence-corrected chi connectivity index (χ0v) is 16.9. The van der Waals surface area contributed by atoms with E-state index in [0.717, 1.165) is 23.4 Å². The minimum Gasteiger partial charge on any atom is -0.508 e. The third-order valence-corrected chi connectivity index (χ3v) is 5.04. The first-order valence-corrected chi connectivity index (χ1v) is 9.80. The van der Waals surface area contributed by atoms with E-state index in [9.17, 15) is 5.11 Å². The summed E-state index contributed by atoms with van der Waals surface area (Å²) < 4.78 is 0. The second-order valence-electron chi connectivity index (χ2n) is 7.11. The van der Waals surface area contributed by atoms with E-state index in [1.807, 2.05) is 36.4 Å². The molecule has 3 aromatic rings. The van der Waals surface area contributed by atoms with Crippen molar-refractivity contribution >= 4 is 5.69 Å². The molecule has 0 bridgehead atoms. The molecular formula is C23H24N2O5. The molecule has 2 aromatic carbocycles. The number of hydrogen-bond acceptors (Lipinski definition) is 7. The zero-order chi connectivity index (χ0) is 21.0. The molecule has 0 unspecified atom stereocenters. The first-order chi connectivity index (χ1) is 14.6. The van der Waals surface area contributed by atoms with Crippen molar-refractivity contribution in [1.29, 1.82) is 0 Å². The summed E-state index contributed by atoms with van der Waals surface area (Å²) in [7, 11) is 0. The van der Waals surface area contributed by atoms with E-state index < -0.39 is 12.1 Å². The molecule has 0 radical (unpaired) electrons. The van der Waals surface area contributed by atoms with Crippen molar-refractivity contribution in [3.63, 3.8) is 0 Å². The highest BCUT2D eigenvalue weighted by atomic mass is 17.4. The van der Waals surface area contributed by atoms with Gasteiger partial charge in [0.2, 0.25) is 6.29 Å². The number of rotatable bonds is 6. The molecule has 4 rings (SSSR count). The average Bonchev–Trinajstić information content (AvgIpc) is 2.80. The van der Waals surface area contributed by atoms with E-state index >= 15 is 0 Å². The molecule has 1 N–H and O–H groups in total. The van der Waals surface area contributed by atoms with Gasteiger partial charge in [-0.2, -0.15) is 19.6 Å². The van der Waals surface area contributed by atoms with Crippen LogP contribution in [-0.4, -0.2) is 16.6 Å². The quantitative estimate of drug-likeness (QED) is 0.598. The van der Waals surface area contributed by atoms with E-state index in [-0.39, 0.29) is 5.75 Å². The number of para-hydroxylation sites is 1. The summed E-state index contributed by atoms with van der Waals surface area (Å²) in [4.78, 5) is 28.1. The Balaban J connectivity index is 1.51. The van der Waals surface area contributed by atoms with E-state index in [2.05, 4.69) is 16.8 Å². The van der Waals surface area contributed by atoms with Crippen LogP contribution >= 0.6 is 0 Å². The van der Waals surface area contributed by atoms with Crippen LogP contribution in [0.25, 0.3) is 0 Å². The van der Waals surface area contributed by atoms with E-state index in [1.165, 1.54) is 0 Å². The van der Waals surface area contributed by atoms with Gasteiger partial charge in [0.15, 0.2) is 0 Å². The molecule has 0 aliphatic carbocycles. The molecule has 30 heavy (non-hydrogen) atoms. The Labute approximate surface area is 175 Å². The molecule has 7 nitrogen and oxygen atoms in total. The van der Waals surface area contributed by atoms with E-state index in [1.54, 1.807) is 43.6 Å². The highest BCUT2D eigenvalue weighted by Crippen LogP contribution is 2.38. The van der Waals surface area contributed by atoms with Crippen molar-refractivity contribution in [3.05, 3.63) is 89.7 Å². The molecule has 1 saturated heterocycles. The topological polar surface area (TPSA) is 73.3 Å². The zero-order valence-electron chi connectivity index (χ0n) is 16.9. The number of pyridine rings is 1. The number of hydrogen-bond donors (Lipinski definition) is 1. The van der Waals surface area contributed by atoms with Crippen LogP contribution in [0.5, 0.6) is 5.75 Å². The molecule has 7 heteroatoms. The standard InChI is InChI=1S/C23H24N2O5/c1-3-25(20-7-5-4-6-8-20)16-18-15-19(9-10-21(18)26)23(2)29-27-22(28-30-23)17-11-13-24-14-12-17/h4-15,22,26H,3,16H2,1-2H3. The summed E-state index contributed by atoms with van der Waals surface area (Å²) in [5, 5.41) is 10.4. The highest BCUT2D eigenvalue weighted by Gasteiger charge is 2.39. The Bertz CT molecular complexity index is 960. The maximum Gasteiger partial charge on any atom is 0.256 e. The molecule has 156 valence electrons. The van der Waals surface area contributed by atoms with Crippen LogP contribution in [0.3, 0.4) is 0 Å². The van der Waals surface area contributed by atoms with Crippen molar-refractivity contribution in [3.8, 4) is 5.75 Å². The van der Waals surface area contributed by atoms with Gasteiger partial charge in [0.05, 0.1) is 0 Å². The summed E-state index contributed by atoms with van der Waals surface area (Å²) in [6.45, 7) is 5.08. The summed E-state index contributed by atoms with van der Waals surface area (Å²) >= 11 is 0. The predicted molar refractivity (Wildman–Crippen MR) is 110 cm³/mol. The summed E-state index contributed by atoms with van der Waals surface area (Å²) in [6, 6.07) is 18.7. The second-order valence-corrected chi connectivity index (χ2v) is 7.11. The molecule has 2 heterocycles. The van der Waals surface area contributed by atoms with Gasteiger partial charge in [-0.05, 0) is 56.3 Å². The van der Waals surface area contributed by atoms with Crippen molar-refractivity contribution in [2.45, 2.75) is 32.5 Å². The van der Waals surface area contributed by atoms with Gasteiger partial charge in [0.1, 0.15) is 5.75 Å². The Morgan fingerprint density at radius 1 is 1.00 bits per heavy atom.